The van der Waals surface area contributed by atoms with E-state index in [1.807, 2.05) is 0 Å². The van der Waals surface area contributed by atoms with Gasteiger partial charge in [0.25, 0.3) is 0 Å². The van der Waals surface area contributed by atoms with E-state index < -0.39 is 209 Å². The van der Waals surface area contributed by atoms with Crippen LogP contribution >= 0.6 is 0 Å². The molecule has 0 aromatic rings. The molecule has 0 bridgehead atoms. The van der Waals surface area contributed by atoms with Crippen molar-refractivity contribution in [2.75, 3.05) is 39.3 Å². The molecular weight excluding hydrogens is 1580 g/mol. The lowest BCUT2D eigenvalue weighted by Crippen LogP contribution is -2.62. The number of amides is 15. The fourth-order valence-electron chi connectivity index (χ4n) is 13.4. The van der Waals surface area contributed by atoms with Gasteiger partial charge >= 0.3 is 0 Å². The molecule has 1 fully saturated rings. The molecule has 1 heterocycles. The van der Waals surface area contributed by atoms with Gasteiger partial charge < -0.3 is 126 Å². The lowest BCUT2D eigenvalue weighted by atomic mass is 9.95. The quantitative estimate of drug-likeness (QED) is 0.0175. The van der Waals surface area contributed by atoms with Crippen molar-refractivity contribution in [2.24, 2.45) is 97.3 Å². The molecule has 40 heteroatoms. The summed E-state index contributed by atoms with van der Waals surface area (Å²) in [6.07, 6.45) is 3.70. The molecule has 0 aliphatic carbocycles. The van der Waals surface area contributed by atoms with Gasteiger partial charge in [0.15, 0.2) is 11.9 Å². The largest absolute Gasteiger partial charge is 0.370 e. The van der Waals surface area contributed by atoms with Crippen LogP contribution in [0.25, 0.3) is 0 Å². The number of carbonyl (C=O) groups excluding carboxylic acids is 15. The smallest absolute Gasteiger partial charge is 0.243 e. The average Bonchev–Trinajstić information content (AvgIpc) is 0.847. The highest BCUT2D eigenvalue weighted by Crippen LogP contribution is 2.19. The Morgan fingerprint density at radius 1 is 0.262 bits per heavy atom. The minimum Gasteiger partial charge on any atom is -0.370 e. The van der Waals surface area contributed by atoms with Crippen molar-refractivity contribution in [1.29, 1.82) is 0 Å². The van der Waals surface area contributed by atoms with Crippen molar-refractivity contribution < 1.29 is 71.9 Å². The van der Waals surface area contributed by atoms with Crippen molar-refractivity contribution in [2.45, 2.75) is 336 Å². The van der Waals surface area contributed by atoms with Crippen molar-refractivity contribution in [3.63, 3.8) is 0 Å². The molecule has 1 saturated heterocycles. The second kappa shape index (κ2) is 59.3. The van der Waals surface area contributed by atoms with E-state index in [2.05, 4.69) is 89.7 Å². The van der Waals surface area contributed by atoms with Gasteiger partial charge in [-0.15, -0.1) is 0 Å². The van der Waals surface area contributed by atoms with Crippen LogP contribution in [-0.4, -0.2) is 230 Å². The predicted molar refractivity (Wildman–Crippen MR) is 469 cm³/mol. The molecule has 0 radical (unpaired) electrons. The Morgan fingerprint density at radius 3 is 0.721 bits per heavy atom. The van der Waals surface area contributed by atoms with Gasteiger partial charge in [-0.1, -0.05) is 116 Å². The minimum atomic E-state index is -1.46. The third-order valence-electron chi connectivity index (χ3n) is 21.5. The molecule has 0 saturated carbocycles. The summed E-state index contributed by atoms with van der Waals surface area (Å²) in [4.78, 5) is 228. The molecular formula is C82H155N25O15. The molecule has 16 unspecified atom stereocenters. The maximum atomic E-state index is 15.0. The third kappa shape index (κ3) is 41.5. The van der Waals surface area contributed by atoms with E-state index in [-0.39, 0.29) is 140 Å². The summed E-state index contributed by atoms with van der Waals surface area (Å²) in [6, 6.07) is -20.4. The van der Waals surface area contributed by atoms with E-state index in [1.165, 1.54) is 13.8 Å². The fraction of sp³-hybridized carbons (Fsp3) is 0.793. The number of guanidine groups is 2. The van der Waals surface area contributed by atoms with Crippen molar-refractivity contribution >= 4 is 101 Å². The summed E-state index contributed by atoms with van der Waals surface area (Å²) < 4.78 is 0. The second-order valence-corrected chi connectivity index (χ2v) is 33.8. The second-order valence-electron chi connectivity index (χ2n) is 33.8. The highest BCUT2D eigenvalue weighted by molar-refractivity contribution is 6.01. The first-order valence-corrected chi connectivity index (χ1v) is 43.9. The van der Waals surface area contributed by atoms with Gasteiger partial charge in [0.05, 0.1) is 0 Å². The predicted octanol–water partition coefficient (Wildman–Crippen LogP) is -2.52. The van der Waals surface area contributed by atoms with Gasteiger partial charge in [0.2, 0.25) is 88.6 Å². The molecule has 122 heavy (non-hydrogen) atoms. The summed E-state index contributed by atoms with van der Waals surface area (Å²) in [5.74, 6) is -16.3. The number of nitrogens with zero attached hydrogens (tertiary/aromatic N) is 2. The molecule has 40 nitrogen and oxygen atoms in total. The Kier molecular flexibility index (Phi) is 53.6. The maximum Gasteiger partial charge on any atom is 0.243 e. The standard InChI is InChI=1S/C82H155N25O15/c1-17-48(12)63-78(120)94-52(16)67(109)103-62(47(10)11)77(119)102-59(42-44(4)5)74(116)98-55(32-22-26-38-85)71(113)104-61(46(8)9)76(118)93-51(15)66(108)101-60(43-45(6)7)75(117)107-65(50(14)19-3)80(122)100-56(33-23-27-39-86)72(114)106-64(49(13)18-2)79(121)99-54(31-21-25-37-84)69(111)96-57(34-28-40-91-81(87)88)70(112)95-53(30-20-24-36-83)68(110)97-58(73(115)105-63)35-29-41-92-82(89)90/h44-65H,17-43,83-86H2,1-16H3,(H,93,118)(H,94,120)(H,95,112)(H,96,111)(H,97,110)(H,98,116)(H,99,121)(H,100,122)(H,101,108)(H,102,119)(H,103,109)(H,104,113)(H,105,115)(H,106,114)(H,107,117)(H4,87,88,91)(H4,89,90,92)/t48?,49-,50?,51?,52+,53?,54?,55?,56?,57?,58?,59?,60?,61?,62?,63?,64?,65?/m1/s1. The zero-order valence-corrected chi connectivity index (χ0v) is 75.4. The molecule has 698 valence electrons. The Labute approximate surface area is 721 Å². The van der Waals surface area contributed by atoms with Crippen LogP contribution in [0.15, 0.2) is 9.98 Å². The Morgan fingerprint density at radius 2 is 0.459 bits per heavy atom. The van der Waals surface area contributed by atoms with Gasteiger partial charge in [0.1, 0.15) is 90.6 Å². The highest BCUT2D eigenvalue weighted by Gasteiger charge is 2.41. The third-order valence-corrected chi connectivity index (χ3v) is 21.5. The molecule has 18 atom stereocenters. The van der Waals surface area contributed by atoms with Crippen LogP contribution in [0.2, 0.25) is 0 Å². The summed E-state index contributed by atoms with van der Waals surface area (Å²) in [7, 11) is 0. The van der Waals surface area contributed by atoms with Gasteiger partial charge in [-0.25, -0.2) is 0 Å². The molecule has 0 aromatic carbocycles. The number of hydrogen-bond acceptors (Lipinski definition) is 21. The molecule has 1 aliphatic rings. The maximum absolute atomic E-state index is 15.0. The number of carbonyl (C=O) groups is 15. The summed E-state index contributed by atoms with van der Waals surface area (Å²) in [6.45, 7) is 27.7. The van der Waals surface area contributed by atoms with E-state index in [0.29, 0.717) is 57.8 Å². The molecule has 0 aromatic heterocycles. The number of hydrogen-bond donors (Lipinski definition) is 23. The van der Waals surface area contributed by atoms with E-state index in [4.69, 9.17) is 45.9 Å². The lowest BCUT2D eigenvalue weighted by Gasteiger charge is -2.31. The average molecular weight is 1730 g/mol. The normalized spacial score (nSPS) is 25.8. The van der Waals surface area contributed by atoms with Gasteiger partial charge in [-0.2, -0.15) is 0 Å². The molecule has 31 N–H and O–H groups in total. The number of unbranched alkanes of at least 4 members (excludes halogenated alkanes) is 4. The summed E-state index contributed by atoms with van der Waals surface area (Å²) in [5.41, 5.74) is 46.4. The van der Waals surface area contributed by atoms with E-state index >= 15 is 0 Å². The number of aliphatic imine (C=N–C) groups is 2. The van der Waals surface area contributed by atoms with Crippen LogP contribution in [0.5, 0.6) is 0 Å². The minimum absolute atomic E-state index is 0.0107. The summed E-state index contributed by atoms with van der Waals surface area (Å²) in [5, 5.41) is 41.3. The molecule has 1 rings (SSSR count). The topological polar surface area (TPSA) is 669 Å². The Hall–Kier alpha value is -9.57. The van der Waals surface area contributed by atoms with Crippen molar-refractivity contribution in [3.8, 4) is 0 Å². The van der Waals surface area contributed by atoms with Gasteiger partial charge in [-0.05, 0) is 197 Å². The lowest BCUT2D eigenvalue weighted by molar-refractivity contribution is -0.137. The monoisotopic (exact) mass is 1730 g/mol. The number of nitrogens with one attached hydrogen (secondary N) is 15. The first-order valence-electron chi connectivity index (χ1n) is 43.9. The van der Waals surface area contributed by atoms with Crippen molar-refractivity contribution in [3.05, 3.63) is 0 Å². The SMILES string of the molecule is CCC(C)C1NC(=O)C(CC(C)C)NC(=O)C(C)NC(=O)C(C(C)C)NC(=O)C(CCCCN)NC(=O)C(CC(C)C)NC(=O)C(C(C)C)NC(=O)[C@H](C)NC(=O)C(C(C)CC)NC(=O)C(CCCN=C(N)N)NC(=O)C(CCCCN)NC(=O)C(CCCN=C(N)N)NC(=O)C(CCCCN)NC(=O)C([C@H](C)CC)NC(=O)C(CCCCN)NC1=O. The number of nitrogens with two attached hydrogens (primary N) is 8. The van der Waals surface area contributed by atoms with E-state index in [0.717, 1.165) is 0 Å². The molecule has 15 amide bonds. The van der Waals surface area contributed by atoms with E-state index in [9.17, 15) is 71.9 Å². The summed E-state index contributed by atoms with van der Waals surface area (Å²) >= 11 is 0. The Bertz CT molecular complexity index is 3370. The first-order chi connectivity index (χ1) is 57.5. The Balaban J connectivity index is 4.52. The van der Waals surface area contributed by atoms with E-state index in [1.54, 1.807) is 96.9 Å². The highest BCUT2D eigenvalue weighted by atomic mass is 16.2. The van der Waals surface area contributed by atoms with Gasteiger partial charge in [0, 0.05) is 13.1 Å². The van der Waals surface area contributed by atoms with Crippen LogP contribution in [-0.2, 0) is 71.9 Å². The van der Waals surface area contributed by atoms with Crippen LogP contribution in [0.1, 0.15) is 246 Å². The molecule has 0 spiro atoms. The fourth-order valence-corrected chi connectivity index (χ4v) is 13.4. The van der Waals surface area contributed by atoms with Gasteiger partial charge in [-0.3, -0.25) is 81.9 Å². The van der Waals surface area contributed by atoms with Crippen LogP contribution in [0.4, 0.5) is 0 Å². The first kappa shape index (κ1) is 110. The number of rotatable bonds is 36. The zero-order chi connectivity index (χ0) is 92.6. The van der Waals surface area contributed by atoms with Crippen LogP contribution < -0.4 is 126 Å². The molecule has 1 aliphatic heterocycles. The van der Waals surface area contributed by atoms with Crippen LogP contribution in [0.3, 0.4) is 0 Å². The zero-order valence-electron chi connectivity index (χ0n) is 75.4. The van der Waals surface area contributed by atoms with Crippen LogP contribution in [0, 0.1) is 41.4 Å². The van der Waals surface area contributed by atoms with Crippen molar-refractivity contribution in [1.82, 2.24) is 79.8 Å².